The molecule has 19 heavy (non-hydrogen) atoms. The highest BCUT2D eigenvalue weighted by atomic mass is 16.5. The Morgan fingerprint density at radius 3 is 2.84 bits per heavy atom. The van der Waals surface area contributed by atoms with Gasteiger partial charge in [-0.2, -0.15) is 0 Å². The zero-order valence-electron chi connectivity index (χ0n) is 10.7. The molecule has 0 aliphatic carbocycles. The summed E-state index contributed by atoms with van der Waals surface area (Å²) in [6.45, 7) is 2.09. The first-order chi connectivity index (χ1) is 9.36. The Balaban J connectivity index is 1.81. The van der Waals surface area contributed by atoms with Crippen molar-refractivity contribution in [1.82, 2.24) is 20.2 Å². The van der Waals surface area contributed by atoms with Crippen molar-refractivity contribution in [3.8, 4) is 11.4 Å². The number of ether oxygens (including phenoxy) is 1. The largest absolute Gasteiger partial charge is 0.376 e. The lowest BCUT2D eigenvalue weighted by Gasteiger charge is -2.10. The van der Waals surface area contributed by atoms with Gasteiger partial charge in [-0.3, -0.25) is 0 Å². The average Bonchev–Trinajstić information content (AvgIpc) is 3.11. The van der Waals surface area contributed by atoms with Gasteiger partial charge in [0.15, 0.2) is 5.82 Å². The zero-order valence-corrected chi connectivity index (χ0v) is 10.7. The molecule has 1 aromatic carbocycles. The molecular formula is C13H17N5O. The van der Waals surface area contributed by atoms with Crippen LogP contribution in [0.4, 0.5) is 0 Å². The molecule has 0 radical (unpaired) electrons. The van der Waals surface area contributed by atoms with E-state index >= 15 is 0 Å². The number of rotatable bonds is 4. The first kappa shape index (κ1) is 12.3. The molecule has 3 rings (SSSR count). The molecule has 100 valence electrons. The smallest absolute Gasteiger partial charge is 0.182 e. The molecule has 1 fully saturated rings. The van der Waals surface area contributed by atoms with Crippen LogP contribution in [0.5, 0.6) is 0 Å². The molecule has 2 aromatic rings. The summed E-state index contributed by atoms with van der Waals surface area (Å²) in [5, 5.41) is 11.9. The number of tetrazole rings is 1. The number of hydrogen-bond acceptors (Lipinski definition) is 5. The first-order valence-electron chi connectivity index (χ1n) is 6.54. The van der Waals surface area contributed by atoms with Gasteiger partial charge < -0.3 is 10.5 Å². The SMILES string of the molecule is NCc1ccc(-c2nnnn2CC2CCCO2)cc1. The third kappa shape index (κ3) is 2.64. The molecule has 6 heteroatoms. The van der Waals surface area contributed by atoms with Crippen LogP contribution in [-0.4, -0.2) is 32.9 Å². The van der Waals surface area contributed by atoms with Crippen LogP contribution in [0.25, 0.3) is 11.4 Å². The molecule has 0 saturated carbocycles. The van der Waals surface area contributed by atoms with Crippen molar-refractivity contribution < 1.29 is 4.74 Å². The number of aromatic nitrogens is 4. The molecule has 1 aliphatic rings. The Hall–Kier alpha value is -1.79. The summed E-state index contributed by atoms with van der Waals surface area (Å²) in [5.41, 5.74) is 7.69. The summed E-state index contributed by atoms with van der Waals surface area (Å²) in [6.07, 6.45) is 2.42. The lowest BCUT2D eigenvalue weighted by molar-refractivity contribution is 0.0939. The highest BCUT2D eigenvalue weighted by Crippen LogP contribution is 2.19. The van der Waals surface area contributed by atoms with Gasteiger partial charge in [0.1, 0.15) is 0 Å². The average molecular weight is 259 g/mol. The topological polar surface area (TPSA) is 78.9 Å². The lowest BCUT2D eigenvalue weighted by atomic mass is 10.1. The molecule has 6 nitrogen and oxygen atoms in total. The maximum absolute atomic E-state index is 5.62. The summed E-state index contributed by atoms with van der Waals surface area (Å²) in [6, 6.07) is 8.00. The Kier molecular flexibility index (Phi) is 3.52. The molecule has 1 aromatic heterocycles. The summed E-state index contributed by atoms with van der Waals surface area (Å²) in [7, 11) is 0. The van der Waals surface area contributed by atoms with Crippen molar-refractivity contribution in [2.75, 3.05) is 6.61 Å². The van der Waals surface area contributed by atoms with Gasteiger partial charge in [-0.05, 0) is 28.8 Å². The van der Waals surface area contributed by atoms with Crippen molar-refractivity contribution in [3.05, 3.63) is 29.8 Å². The van der Waals surface area contributed by atoms with Crippen LogP contribution in [-0.2, 0) is 17.8 Å². The zero-order chi connectivity index (χ0) is 13.1. The van der Waals surface area contributed by atoms with E-state index < -0.39 is 0 Å². The second-order valence-electron chi connectivity index (χ2n) is 4.72. The summed E-state index contributed by atoms with van der Waals surface area (Å²) in [4.78, 5) is 0. The molecule has 0 spiro atoms. The Labute approximate surface area is 111 Å². The second kappa shape index (κ2) is 5.46. The van der Waals surface area contributed by atoms with E-state index in [4.69, 9.17) is 10.5 Å². The van der Waals surface area contributed by atoms with Crippen molar-refractivity contribution in [2.45, 2.75) is 32.0 Å². The Bertz CT molecular complexity index is 530. The maximum Gasteiger partial charge on any atom is 0.182 e. The van der Waals surface area contributed by atoms with Crippen molar-refractivity contribution in [3.63, 3.8) is 0 Å². The molecule has 2 N–H and O–H groups in total. The van der Waals surface area contributed by atoms with E-state index in [0.29, 0.717) is 13.1 Å². The van der Waals surface area contributed by atoms with Gasteiger partial charge in [-0.15, -0.1) is 5.10 Å². The van der Waals surface area contributed by atoms with Gasteiger partial charge in [0, 0.05) is 18.7 Å². The molecule has 1 atom stereocenters. The molecule has 2 heterocycles. The first-order valence-corrected chi connectivity index (χ1v) is 6.54. The molecule has 0 amide bonds. The summed E-state index contributed by atoms with van der Waals surface area (Å²) >= 11 is 0. The van der Waals surface area contributed by atoms with Crippen molar-refractivity contribution in [1.29, 1.82) is 0 Å². The number of benzene rings is 1. The number of nitrogens with two attached hydrogens (primary N) is 1. The van der Waals surface area contributed by atoms with Crippen LogP contribution in [0, 0.1) is 0 Å². The van der Waals surface area contributed by atoms with Crippen LogP contribution in [0.1, 0.15) is 18.4 Å². The van der Waals surface area contributed by atoms with Gasteiger partial charge in [0.25, 0.3) is 0 Å². The van der Waals surface area contributed by atoms with Crippen LogP contribution < -0.4 is 5.73 Å². The van der Waals surface area contributed by atoms with Gasteiger partial charge in [-0.1, -0.05) is 24.3 Å². The van der Waals surface area contributed by atoms with Crippen molar-refractivity contribution >= 4 is 0 Å². The van der Waals surface area contributed by atoms with E-state index in [-0.39, 0.29) is 6.10 Å². The van der Waals surface area contributed by atoms with E-state index in [2.05, 4.69) is 15.5 Å². The van der Waals surface area contributed by atoms with E-state index in [1.807, 2.05) is 28.9 Å². The normalized spacial score (nSPS) is 18.9. The number of hydrogen-bond donors (Lipinski definition) is 1. The lowest BCUT2D eigenvalue weighted by Crippen LogP contribution is -2.17. The summed E-state index contributed by atoms with van der Waals surface area (Å²) in [5.74, 6) is 0.777. The highest BCUT2D eigenvalue weighted by Gasteiger charge is 2.19. The molecule has 1 saturated heterocycles. The fraction of sp³-hybridized carbons (Fsp3) is 0.462. The molecule has 1 unspecified atom stereocenters. The Morgan fingerprint density at radius 1 is 1.32 bits per heavy atom. The minimum absolute atomic E-state index is 0.227. The van der Waals surface area contributed by atoms with Crippen LogP contribution in [0.2, 0.25) is 0 Å². The fourth-order valence-electron chi connectivity index (χ4n) is 2.31. The van der Waals surface area contributed by atoms with Gasteiger partial charge in [0.05, 0.1) is 12.6 Å². The maximum atomic E-state index is 5.62. The third-order valence-corrected chi connectivity index (χ3v) is 3.38. The highest BCUT2D eigenvalue weighted by molar-refractivity contribution is 5.54. The Morgan fingerprint density at radius 2 is 2.16 bits per heavy atom. The molecular weight excluding hydrogens is 242 g/mol. The number of nitrogens with zero attached hydrogens (tertiary/aromatic N) is 4. The van der Waals surface area contributed by atoms with E-state index in [9.17, 15) is 0 Å². The van der Waals surface area contributed by atoms with Crippen LogP contribution in [0.3, 0.4) is 0 Å². The quantitative estimate of drug-likeness (QED) is 0.885. The minimum Gasteiger partial charge on any atom is -0.376 e. The van der Waals surface area contributed by atoms with E-state index in [1.165, 1.54) is 0 Å². The molecule has 0 bridgehead atoms. The molecule has 1 aliphatic heterocycles. The van der Waals surface area contributed by atoms with Crippen LogP contribution >= 0.6 is 0 Å². The van der Waals surface area contributed by atoms with E-state index in [0.717, 1.165) is 36.4 Å². The van der Waals surface area contributed by atoms with Crippen LogP contribution in [0.15, 0.2) is 24.3 Å². The predicted molar refractivity (Wildman–Crippen MR) is 70.1 cm³/mol. The fourth-order valence-corrected chi connectivity index (χ4v) is 2.31. The van der Waals surface area contributed by atoms with Gasteiger partial charge >= 0.3 is 0 Å². The third-order valence-electron chi connectivity index (χ3n) is 3.38. The summed E-state index contributed by atoms with van der Waals surface area (Å²) < 4.78 is 7.43. The van der Waals surface area contributed by atoms with Gasteiger partial charge in [-0.25, -0.2) is 4.68 Å². The van der Waals surface area contributed by atoms with Crippen molar-refractivity contribution in [2.24, 2.45) is 5.73 Å². The standard InChI is InChI=1S/C13H17N5O/c14-8-10-3-5-11(6-4-10)13-15-16-17-18(13)9-12-2-1-7-19-12/h3-6,12H,1-2,7-9,14H2. The predicted octanol–water partition coefficient (Wildman–Crippen LogP) is 0.978. The monoisotopic (exact) mass is 259 g/mol. The van der Waals surface area contributed by atoms with E-state index in [1.54, 1.807) is 0 Å². The minimum atomic E-state index is 0.227. The second-order valence-corrected chi connectivity index (χ2v) is 4.72. The van der Waals surface area contributed by atoms with Gasteiger partial charge in [0.2, 0.25) is 0 Å².